The minimum atomic E-state index is -0.710. The van der Waals surface area contributed by atoms with Crippen molar-refractivity contribution in [1.82, 2.24) is 15.0 Å². The molecule has 0 bridgehead atoms. The van der Waals surface area contributed by atoms with Gasteiger partial charge >= 0.3 is 0 Å². The molecule has 0 aliphatic heterocycles. The lowest BCUT2D eigenvalue weighted by molar-refractivity contribution is 0.452. The normalized spacial score (nSPS) is 10.8. The van der Waals surface area contributed by atoms with Crippen molar-refractivity contribution >= 4 is 11.2 Å². The minimum absolute atomic E-state index is 0.0271. The van der Waals surface area contributed by atoms with Crippen molar-refractivity contribution in [2.24, 2.45) is 0 Å². The average Bonchev–Trinajstić information content (AvgIpc) is 3.06. The Labute approximate surface area is 151 Å². The van der Waals surface area contributed by atoms with E-state index in [0.29, 0.717) is 17.0 Å². The van der Waals surface area contributed by atoms with Crippen molar-refractivity contribution in [2.45, 2.75) is 0 Å². The van der Waals surface area contributed by atoms with E-state index in [4.69, 9.17) is 5.26 Å². The molecule has 0 saturated carbocycles. The zero-order valence-corrected chi connectivity index (χ0v) is 13.7. The number of rotatable bonds is 2. The number of aromatic nitrogens is 3. The Hall–Kier alpha value is -4.25. The number of phenolic OH excluding ortho intramolecular Hbond substituents is 2. The monoisotopic (exact) mass is 360 g/mol. The number of hydrogen-bond donors (Lipinski definition) is 5. The second-order valence-corrected chi connectivity index (χ2v) is 5.88. The van der Waals surface area contributed by atoms with Gasteiger partial charge in [0.1, 0.15) is 28.9 Å². The van der Waals surface area contributed by atoms with E-state index in [-0.39, 0.29) is 28.2 Å². The number of fused-ring (bicyclic) bond motifs is 1. The Morgan fingerprint density at radius 1 is 0.963 bits per heavy atom. The van der Waals surface area contributed by atoms with Crippen molar-refractivity contribution in [3.63, 3.8) is 0 Å². The van der Waals surface area contributed by atoms with Crippen LogP contribution in [0.4, 0.5) is 0 Å². The zero-order valence-electron chi connectivity index (χ0n) is 13.7. The molecule has 4 aromatic rings. The highest BCUT2D eigenvalue weighted by atomic mass is 16.3. The molecule has 2 heterocycles. The molecule has 5 N–H and O–H groups in total. The molecule has 8 nitrogen and oxygen atoms in total. The Morgan fingerprint density at radius 2 is 1.67 bits per heavy atom. The van der Waals surface area contributed by atoms with Gasteiger partial charge in [-0.1, -0.05) is 24.3 Å². The molecule has 0 aliphatic carbocycles. The third-order valence-electron chi connectivity index (χ3n) is 4.20. The fraction of sp³-hybridized carbons (Fsp3) is 0. The Morgan fingerprint density at radius 3 is 2.33 bits per heavy atom. The van der Waals surface area contributed by atoms with Gasteiger partial charge in [0, 0.05) is 17.2 Å². The molecule has 2 aromatic carbocycles. The summed E-state index contributed by atoms with van der Waals surface area (Å²) in [6, 6.07) is 13.0. The van der Waals surface area contributed by atoms with E-state index >= 15 is 0 Å². The second-order valence-electron chi connectivity index (χ2n) is 5.88. The molecule has 2 aromatic heterocycles. The number of pyridine rings is 1. The van der Waals surface area contributed by atoms with Gasteiger partial charge in [0.15, 0.2) is 17.0 Å². The standard InChI is InChI=1S/C19H12N4O4/c20-8-13-16(26)15-18(23-19(13)27)22-17(21-15)10-3-1-9(2-4-10)12-6-5-11(24)7-14(12)25/h1-7,24-25H,(H3,21,22,23,26,27). The SMILES string of the molecule is N#Cc1c(O)c2[nH]c(-c3ccc(-c4ccc(O)cc4O)cc3)nc2[nH]c1=O. The molecular weight excluding hydrogens is 348 g/mol. The smallest absolute Gasteiger partial charge is 0.271 e. The van der Waals surface area contributed by atoms with E-state index in [0.717, 1.165) is 5.56 Å². The van der Waals surface area contributed by atoms with Crippen molar-refractivity contribution in [2.75, 3.05) is 0 Å². The van der Waals surface area contributed by atoms with Crippen LogP contribution in [0, 0.1) is 11.3 Å². The van der Waals surface area contributed by atoms with Crippen LogP contribution in [0.15, 0.2) is 47.3 Å². The molecule has 132 valence electrons. The van der Waals surface area contributed by atoms with Crippen molar-refractivity contribution in [3.05, 3.63) is 58.4 Å². The van der Waals surface area contributed by atoms with Crippen molar-refractivity contribution in [1.29, 1.82) is 5.26 Å². The first-order valence-corrected chi connectivity index (χ1v) is 7.86. The van der Waals surface area contributed by atoms with Gasteiger partial charge in [-0.15, -0.1) is 0 Å². The molecule has 0 fully saturated rings. The van der Waals surface area contributed by atoms with Gasteiger partial charge < -0.3 is 25.3 Å². The van der Waals surface area contributed by atoms with Crippen LogP contribution in [0.2, 0.25) is 0 Å². The van der Waals surface area contributed by atoms with Crippen LogP contribution >= 0.6 is 0 Å². The summed E-state index contributed by atoms with van der Waals surface area (Å²) in [5.41, 5.74) is 1.19. The summed E-state index contributed by atoms with van der Waals surface area (Å²) in [5, 5.41) is 38.4. The lowest BCUT2D eigenvalue weighted by atomic mass is 10.0. The van der Waals surface area contributed by atoms with Crippen LogP contribution < -0.4 is 5.56 Å². The summed E-state index contributed by atoms with van der Waals surface area (Å²) in [6.45, 7) is 0. The molecule has 0 spiro atoms. The summed E-state index contributed by atoms with van der Waals surface area (Å²) < 4.78 is 0. The number of nitrogens with zero attached hydrogens (tertiary/aromatic N) is 2. The van der Waals surface area contributed by atoms with Gasteiger partial charge in [-0.05, 0) is 17.7 Å². The number of imidazole rings is 1. The highest BCUT2D eigenvalue weighted by Crippen LogP contribution is 2.33. The van der Waals surface area contributed by atoms with Crippen LogP contribution in [0.5, 0.6) is 17.2 Å². The topological polar surface area (TPSA) is 146 Å². The number of nitrogens with one attached hydrogen (secondary N) is 2. The number of nitriles is 1. The second kappa shape index (κ2) is 5.93. The molecule has 0 atom stereocenters. The first-order valence-electron chi connectivity index (χ1n) is 7.86. The average molecular weight is 360 g/mol. The van der Waals surface area contributed by atoms with E-state index in [1.54, 1.807) is 36.4 Å². The number of aromatic hydroxyl groups is 3. The minimum Gasteiger partial charge on any atom is -0.508 e. The van der Waals surface area contributed by atoms with E-state index in [2.05, 4.69) is 15.0 Å². The van der Waals surface area contributed by atoms with Crippen LogP contribution in [0.3, 0.4) is 0 Å². The van der Waals surface area contributed by atoms with Gasteiger partial charge in [-0.2, -0.15) is 5.26 Å². The highest BCUT2D eigenvalue weighted by Gasteiger charge is 2.16. The molecule has 0 unspecified atom stereocenters. The number of hydrogen-bond acceptors (Lipinski definition) is 6. The third kappa shape index (κ3) is 2.63. The Kier molecular flexibility index (Phi) is 3.56. The molecule has 0 saturated heterocycles. The van der Waals surface area contributed by atoms with E-state index in [1.165, 1.54) is 12.1 Å². The maximum Gasteiger partial charge on any atom is 0.271 e. The number of aromatic amines is 2. The van der Waals surface area contributed by atoms with E-state index in [9.17, 15) is 20.1 Å². The largest absolute Gasteiger partial charge is 0.508 e. The van der Waals surface area contributed by atoms with E-state index in [1.807, 2.05) is 0 Å². The molecule has 0 amide bonds. The molecule has 0 aliphatic rings. The van der Waals surface area contributed by atoms with Crippen LogP contribution in [-0.2, 0) is 0 Å². The maximum atomic E-state index is 11.8. The quantitative estimate of drug-likeness (QED) is 0.371. The lowest BCUT2D eigenvalue weighted by Gasteiger charge is -2.06. The molecule has 8 heteroatoms. The third-order valence-corrected chi connectivity index (χ3v) is 4.20. The van der Waals surface area contributed by atoms with Gasteiger partial charge in [0.05, 0.1) is 0 Å². The summed E-state index contributed by atoms with van der Waals surface area (Å²) in [6.07, 6.45) is 0. The van der Waals surface area contributed by atoms with Crippen molar-refractivity contribution in [3.8, 4) is 45.8 Å². The highest BCUT2D eigenvalue weighted by molar-refractivity contribution is 5.84. The predicted octanol–water partition coefficient (Wildman–Crippen LogP) is 2.57. The van der Waals surface area contributed by atoms with Gasteiger partial charge in [-0.3, -0.25) is 4.79 Å². The van der Waals surface area contributed by atoms with Crippen LogP contribution in [0.25, 0.3) is 33.7 Å². The fourth-order valence-corrected chi connectivity index (χ4v) is 2.85. The Bertz CT molecular complexity index is 1280. The maximum absolute atomic E-state index is 11.8. The van der Waals surface area contributed by atoms with Crippen LogP contribution in [-0.4, -0.2) is 30.3 Å². The van der Waals surface area contributed by atoms with Crippen molar-refractivity contribution < 1.29 is 15.3 Å². The fourth-order valence-electron chi connectivity index (χ4n) is 2.85. The number of benzene rings is 2. The number of H-pyrrole nitrogens is 2. The zero-order chi connectivity index (χ0) is 19.1. The lowest BCUT2D eigenvalue weighted by Crippen LogP contribution is -2.09. The summed E-state index contributed by atoms with van der Waals surface area (Å²) in [5.74, 6) is -0.119. The first-order chi connectivity index (χ1) is 13.0. The molecule has 4 rings (SSSR count). The summed E-state index contributed by atoms with van der Waals surface area (Å²) >= 11 is 0. The van der Waals surface area contributed by atoms with Gasteiger partial charge in [0.25, 0.3) is 5.56 Å². The molecule has 27 heavy (non-hydrogen) atoms. The summed E-state index contributed by atoms with van der Waals surface area (Å²) in [4.78, 5) is 21.4. The summed E-state index contributed by atoms with van der Waals surface area (Å²) in [7, 11) is 0. The van der Waals surface area contributed by atoms with Gasteiger partial charge in [0.2, 0.25) is 0 Å². The molecular formula is C19H12N4O4. The van der Waals surface area contributed by atoms with E-state index < -0.39 is 11.3 Å². The van der Waals surface area contributed by atoms with Gasteiger partial charge in [-0.25, -0.2) is 4.98 Å². The van der Waals surface area contributed by atoms with Crippen LogP contribution in [0.1, 0.15) is 5.56 Å². The molecule has 0 radical (unpaired) electrons. The Balaban J connectivity index is 1.77. The first kappa shape index (κ1) is 16.2. The number of phenols is 2. The predicted molar refractivity (Wildman–Crippen MR) is 97.3 cm³/mol.